The maximum atomic E-state index is 12.4. The van der Waals surface area contributed by atoms with Crippen molar-refractivity contribution in [3.8, 4) is 0 Å². The van der Waals surface area contributed by atoms with E-state index in [-0.39, 0.29) is 18.6 Å². The number of nitrogens with zero attached hydrogens (tertiary/aromatic N) is 2. The van der Waals surface area contributed by atoms with Gasteiger partial charge < -0.3 is 20.2 Å². The molecule has 6 heteroatoms. The van der Waals surface area contributed by atoms with Crippen LogP contribution in [0, 0.1) is 5.92 Å². The van der Waals surface area contributed by atoms with Crippen LogP contribution in [0.4, 0.5) is 4.79 Å². The molecule has 1 aliphatic heterocycles. The highest BCUT2D eigenvalue weighted by Gasteiger charge is 2.37. The van der Waals surface area contributed by atoms with Gasteiger partial charge in [0.05, 0.1) is 0 Å². The van der Waals surface area contributed by atoms with E-state index in [1.807, 2.05) is 11.9 Å². The first-order valence-corrected chi connectivity index (χ1v) is 7.03. The van der Waals surface area contributed by atoms with Crippen LogP contribution in [-0.4, -0.2) is 66.2 Å². The Labute approximate surface area is 113 Å². The van der Waals surface area contributed by atoms with Crippen molar-refractivity contribution in [1.29, 1.82) is 0 Å². The summed E-state index contributed by atoms with van der Waals surface area (Å²) in [7, 11) is 1.92. The Hall–Kier alpha value is -1.30. The van der Waals surface area contributed by atoms with Crippen LogP contribution in [-0.2, 0) is 4.79 Å². The van der Waals surface area contributed by atoms with Gasteiger partial charge >= 0.3 is 12.0 Å². The summed E-state index contributed by atoms with van der Waals surface area (Å²) in [5, 5.41) is 12.1. The molecule has 0 aromatic carbocycles. The number of carboxylic acid groups (broad SMARTS) is 1. The average molecular weight is 269 g/mol. The molecule has 1 saturated carbocycles. The van der Waals surface area contributed by atoms with Gasteiger partial charge in [0, 0.05) is 19.1 Å². The van der Waals surface area contributed by atoms with Gasteiger partial charge in [-0.25, -0.2) is 4.79 Å². The first kappa shape index (κ1) is 14.1. The lowest BCUT2D eigenvalue weighted by Gasteiger charge is -2.36. The second-order valence-corrected chi connectivity index (χ2v) is 5.55. The Bertz CT molecular complexity index is 342. The fourth-order valence-electron chi connectivity index (χ4n) is 2.76. The smallest absolute Gasteiger partial charge is 0.323 e. The van der Waals surface area contributed by atoms with E-state index in [2.05, 4.69) is 5.32 Å². The molecule has 1 aliphatic carbocycles. The molecule has 2 aliphatic rings. The monoisotopic (exact) mass is 269 g/mol. The van der Waals surface area contributed by atoms with Gasteiger partial charge in [0.2, 0.25) is 0 Å². The number of carbonyl (C=O) groups excluding carboxylic acids is 1. The third-order valence-electron chi connectivity index (χ3n) is 3.82. The van der Waals surface area contributed by atoms with Gasteiger partial charge in [-0.1, -0.05) is 0 Å². The fraction of sp³-hybridized carbons (Fsp3) is 0.846. The topological polar surface area (TPSA) is 72.9 Å². The predicted octanol–water partition coefficient (Wildman–Crippen LogP) is 0.587. The largest absolute Gasteiger partial charge is 0.480 e. The third kappa shape index (κ3) is 3.83. The van der Waals surface area contributed by atoms with Crippen LogP contribution in [0.5, 0.6) is 0 Å². The van der Waals surface area contributed by atoms with Gasteiger partial charge in [-0.3, -0.25) is 4.79 Å². The zero-order valence-corrected chi connectivity index (χ0v) is 11.5. The normalized spacial score (nSPS) is 23.2. The van der Waals surface area contributed by atoms with Crippen LogP contribution in [0.1, 0.15) is 25.7 Å². The van der Waals surface area contributed by atoms with Crippen LogP contribution in [0.3, 0.4) is 0 Å². The van der Waals surface area contributed by atoms with Gasteiger partial charge in [0.1, 0.15) is 6.54 Å². The number of aliphatic carboxylic acids is 1. The summed E-state index contributed by atoms with van der Waals surface area (Å²) in [4.78, 5) is 26.7. The molecule has 0 radical (unpaired) electrons. The van der Waals surface area contributed by atoms with E-state index in [0.717, 1.165) is 45.3 Å². The SMILES string of the molecule is CNCC1CCCN(C(=O)N(CC(=O)O)C2CC2)C1. The first-order chi connectivity index (χ1) is 9.11. The Kier molecular flexibility index (Phi) is 4.63. The molecular weight excluding hydrogens is 246 g/mol. The Morgan fingerprint density at radius 2 is 2.11 bits per heavy atom. The maximum Gasteiger partial charge on any atom is 0.323 e. The molecule has 0 bridgehead atoms. The van der Waals surface area contributed by atoms with Crippen molar-refractivity contribution in [2.75, 3.05) is 33.2 Å². The molecule has 0 aromatic rings. The van der Waals surface area contributed by atoms with Crippen LogP contribution >= 0.6 is 0 Å². The van der Waals surface area contributed by atoms with Crippen LogP contribution in [0.2, 0.25) is 0 Å². The van der Waals surface area contributed by atoms with Gasteiger partial charge in [-0.2, -0.15) is 0 Å². The quantitative estimate of drug-likeness (QED) is 0.766. The lowest BCUT2D eigenvalue weighted by Crippen LogP contribution is -2.50. The zero-order valence-electron chi connectivity index (χ0n) is 11.5. The Morgan fingerprint density at radius 1 is 1.37 bits per heavy atom. The fourth-order valence-corrected chi connectivity index (χ4v) is 2.76. The number of likely N-dealkylation sites (tertiary alicyclic amines) is 1. The second-order valence-electron chi connectivity index (χ2n) is 5.55. The van der Waals surface area contributed by atoms with E-state index in [1.54, 1.807) is 0 Å². The summed E-state index contributed by atoms with van der Waals surface area (Å²) in [6, 6.07) is 0.0546. The Balaban J connectivity index is 1.94. The van der Waals surface area contributed by atoms with Crippen molar-refractivity contribution in [3.05, 3.63) is 0 Å². The van der Waals surface area contributed by atoms with Crippen molar-refractivity contribution in [1.82, 2.24) is 15.1 Å². The van der Waals surface area contributed by atoms with Crippen molar-refractivity contribution >= 4 is 12.0 Å². The van der Waals surface area contributed by atoms with E-state index in [4.69, 9.17) is 5.11 Å². The van der Waals surface area contributed by atoms with Crippen LogP contribution in [0.15, 0.2) is 0 Å². The molecule has 1 heterocycles. The van der Waals surface area contributed by atoms with Gasteiger partial charge in [0.15, 0.2) is 0 Å². The van der Waals surface area contributed by atoms with Crippen molar-refractivity contribution in [2.45, 2.75) is 31.7 Å². The summed E-state index contributed by atoms with van der Waals surface area (Å²) in [6.45, 7) is 2.23. The summed E-state index contributed by atoms with van der Waals surface area (Å²) in [5.74, 6) is -0.447. The summed E-state index contributed by atoms with van der Waals surface area (Å²) < 4.78 is 0. The number of rotatable bonds is 5. The molecule has 1 unspecified atom stereocenters. The number of amides is 2. The van der Waals surface area contributed by atoms with E-state index in [1.165, 1.54) is 4.90 Å². The molecular formula is C13H23N3O3. The minimum Gasteiger partial charge on any atom is -0.480 e. The highest BCUT2D eigenvalue weighted by molar-refractivity contribution is 5.80. The molecule has 2 N–H and O–H groups in total. The third-order valence-corrected chi connectivity index (χ3v) is 3.82. The average Bonchev–Trinajstić information content (AvgIpc) is 3.20. The number of hydrogen-bond donors (Lipinski definition) is 2. The molecule has 1 saturated heterocycles. The van der Waals surface area contributed by atoms with E-state index >= 15 is 0 Å². The van der Waals surface area contributed by atoms with Crippen LogP contribution < -0.4 is 5.32 Å². The lowest BCUT2D eigenvalue weighted by molar-refractivity contribution is -0.137. The molecule has 108 valence electrons. The number of urea groups is 1. The second kappa shape index (κ2) is 6.23. The number of nitrogens with one attached hydrogen (secondary N) is 1. The van der Waals surface area contributed by atoms with Gasteiger partial charge in [0.25, 0.3) is 0 Å². The highest BCUT2D eigenvalue weighted by Crippen LogP contribution is 2.28. The highest BCUT2D eigenvalue weighted by atomic mass is 16.4. The molecule has 2 rings (SSSR count). The van der Waals surface area contributed by atoms with Crippen molar-refractivity contribution in [3.63, 3.8) is 0 Å². The molecule has 0 spiro atoms. The predicted molar refractivity (Wildman–Crippen MR) is 71.0 cm³/mol. The van der Waals surface area contributed by atoms with E-state index in [9.17, 15) is 9.59 Å². The standard InChI is InChI=1S/C13H23N3O3/c1-14-7-10-3-2-6-15(8-10)13(19)16(9-12(17)18)11-4-5-11/h10-11,14H,2-9H2,1H3,(H,17,18). The molecule has 1 atom stereocenters. The zero-order chi connectivity index (χ0) is 13.8. The van der Waals surface area contributed by atoms with E-state index in [0.29, 0.717) is 5.92 Å². The lowest BCUT2D eigenvalue weighted by atomic mass is 9.98. The summed E-state index contributed by atoms with van der Waals surface area (Å²) >= 11 is 0. The minimum atomic E-state index is -0.927. The molecule has 2 amide bonds. The molecule has 2 fully saturated rings. The van der Waals surface area contributed by atoms with Crippen LogP contribution in [0.25, 0.3) is 0 Å². The summed E-state index contributed by atoms with van der Waals surface area (Å²) in [6.07, 6.45) is 4.01. The Morgan fingerprint density at radius 3 is 2.68 bits per heavy atom. The van der Waals surface area contributed by atoms with Crippen molar-refractivity contribution < 1.29 is 14.7 Å². The number of carboxylic acids is 1. The van der Waals surface area contributed by atoms with E-state index < -0.39 is 5.97 Å². The number of piperidine rings is 1. The maximum absolute atomic E-state index is 12.4. The molecule has 0 aromatic heterocycles. The summed E-state index contributed by atoms with van der Waals surface area (Å²) in [5.41, 5.74) is 0. The van der Waals surface area contributed by atoms with Crippen molar-refractivity contribution in [2.24, 2.45) is 5.92 Å². The van der Waals surface area contributed by atoms with Gasteiger partial charge in [-0.15, -0.1) is 0 Å². The minimum absolute atomic E-state index is 0.0919. The number of carbonyl (C=O) groups is 2. The van der Waals surface area contributed by atoms with Gasteiger partial charge in [-0.05, 0) is 45.2 Å². The molecule has 19 heavy (non-hydrogen) atoms. The molecule has 6 nitrogen and oxygen atoms in total. The first-order valence-electron chi connectivity index (χ1n) is 7.03. The number of hydrogen-bond acceptors (Lipinski definition) is 3.